The van der Waals surface area contributed by atoms with Gasteiger partial charge in [0.15, 0.2) is 0 Å². The summed E-state index contributed by atoms with van der Waals surface area (Å²) >= 11 is 0. The smallest absolute Gasteiger partial charge is 0.261 e. The molecular weight excluding hydrogens is 284 g/mol. The van der Waals surface area contributed by atoms with Gasteiger partial charge in [-0.15, -0.1) is 0 Å². The second-order valence-corrected chi connectivity index (χ2v) is 5.26. The monoisotopic (exact) mass is 300 g/mol. The normalized spacial score (nSPS) is 15.3. The number of hydrogen-bond donors (Lipinski definition) is 2. The van der Waals surface area contributed by atoms with Gasteiger partial charge in [-0.3, -0.25) is 14.5 Å². The van der Waals surface area contributed by atoms with Crippen molar-refractivity contribution in [3.63, 3.8) is 0 Å². The van der Waals surface area contributed by atoms with Gasteiger partial charge in [0.25, 0.3) is 11.8 Å². The molecule has 1 atom stereocenters. The molecule has 0 bridgehead atoms. The Hall–Kier alpha value is -2.44. The zero-order valence-corrected chi connectivity index (χ0v) is 11.9. The average molecular weight is 300 g/mol. The number of carbonyl (C=O) groups excluding carboxylic acids is 2. The summed E-state index contributed by atoms with van der Waals surface area (Å²) in [5.74, 6) is 0.499. The molecule has 6 heteroatoms. The maximum Gasteiger partial charge on any atom is 0.261 e. The van der Waals surface area contributed by atoms with E-state index in [1.807, 2.05) is 0 Å². The standard InChI is InChI=1S/C16H16N2O4/c17-10(9-19)7-11-5-6-12(22-11)8-18-15(20)13-3-1-2-4-14(13)16(18)21/h1-6,10,19H,7-9,17H2. The molecule has 1 aromatic carbocycles. The van der Waals surface area contributed by atoms with Crippen LogP contribution >= 0.6 is 0 Å². The fourth-order valence-corrected chi connectivity index (χ4v) is 2.48. The minimum atomic E-state index is -0.390. The van der Waals surface area contributed by atoms with E-state index in [4.69, 9.17) is 15.3 Å². The van der Waals surface area contributed by atoms with Crippen LogP contribution in [-0.2, 0) is 13.0 Å². The first-order chi connectivity index (χ1) is 10.6. The molecule has 6 nitrogen and oxygen atoms in total. The van der Waals surface area contributed by atoms with E-state index in [9.17, 15) is 9.59 Å². The van der Waals surface area contributed by atoms with Gasteiger partial charge in [0.2, 0.25) is 0 Å². The molecule has 22 heavy (non-hydrogen) atoms. The maximum atomic E-state index is 12.3. The highest BCUT2D eigenvalue weighted by Gasteiger charge is 2.35. The van der Waals surface area contributed by atoms with Crippen molar-refractivity contribution in [1.29, 1.82) is 0 Å². The number of carbonyl (C=O) groups is 2. The Balaban J connectivity index is 1.75. The lowest BCUT2D eigenvalue weighted by Crippen LogP contribution is -2.29. The number of aliphatic hydroxyl groups excluding tert-OH is 1. The first kappa shape index (κ1) is 14.5. The molecule has 0 aliphatic carbocycles. The molecule has 3 N–H and O–H groups in total. The van der Waals surface area contributed by atoms with Crippen LogP contribution in [0, 0.1) is 0 Å². The molecule has 2 aromatic rings. The third-order valence-corrected chi connectivity index (χ3v) is 3.61. The van der Waals surface area contributed by atoms with E-state index < -0.39 is 6.04 Å². The van der Waals surface area contributed by atoms with E-state index in [1.54, 1.807) is 36.4 Å². The number of nitrogens with two attached hydrogens (primary N) is 1. The molecule has 0 saturated heterocycles. The second-order valence-electron chi connectivity index (χ2n) is 5.26. The molecule has 1 aromatic heterocycles. The van der Waals surface area contributed by atoms with Gasteiger partial charge >= 0.3 is 0 Å². The molecule has 0 saturated carbocycles. The topological polar surface area (TPSA) is 96.8 Å². The van der Waals surface area contributed by atoms with Crippen molar-refractivity contribution in [1.82, 2.24) is 4.90 Å². The SMILES string of the molecule is NC(CO)Cc1ccc(CN2C(=O)c3ccccc3C2=O)o1. The average Bonchev–Trinajstić information content (AvgIpc) is 3.06. The number of nitrogens with zero attached hydrogens (tertiary/aromatic N) is 1. The molecule has 2 heterocycles. The summed E-state index contributed by atoms with van der Waals surface area (Å²) in [5, 5.41) is 8.94. The molecular formula is C16H16N2O4. The van der Waals surface area contributed by atoms with E-state index in [0.717, 1.165) is 0 Å². The first-order valence-electron chi connectivity index (χ1n) is 6.99. The Kier molecular flexibility index (Phi) is 3.79. The van der Waals surface area contributed by atoms with Crippen molar-refractivity contribution < 1.29 is 19.1 Å². The number of fused-ring (bicyclic) bond motifs is 1. The third-order valence-electron chi connectivity index (χ3n) is 3.61. The molecule has 1 unspecified atom stereocenters. The predicted octanol–water partition coefficient (Wildman–Crippen LogP) is 0.938. The number of aliphatic hydroxyl groups is 1. The molecule has 0 spiro atoms. The molecule has 0 fully saturated rings. The van der Waals surface area contributed by atoms with Crippen LogP contribution in [0.3, 0.4) is 0 Å². The fraction of sp³-hybridized carbons (Fsp3) is 0.250. The Bertz CT molecular complexity index is 687. The van der Waals surface area contributed by atoms with Crippen molar-refractivity contribution in [3.05, 3.63) is 59.0 Å². The molecule has 1 aliphatic rings. The van der Waals surface area contributed by atoms with Gasteiger partial charge < -0.3 is 15.3 Å². The molecule has 0 radical (unpaired) electrons. The summed E-state index contributed by atoms with van der Waals surface area (Å²) in [4.78, 5) is 25.7. The zero-order chi connectivity index (χ0) is 15.7. The quantitative estimate of drug-likeness (QED) is 0.801. The van der Waals surface area contributed by atoms with Crippen LogP contribution in [0.25, 0.3) is 0 Å². The lowest BCUT2D eigenvalue weighted by atomic mass is 10.1. The van der Waals surface area contributed by atoms with Gasteiger partial charge in [0.1, 0.15) is 11.5 Å². The predicted molar refractivity (Wildman–Crippen MR) is 78.1 cm³/mol. The van der Waals surface area contributed by atoms with E-state index >= 15 is 0 Å². The van der Waals surface area contributed by atoms with Crippen LogP contribution < -0.4 is 5.73 Å². The summed E-state index contributed by atoms with van der Waals surface area (Å²) in [6.45, 7) is -0.0465. The molecule has 114 valence electrons. The number of benzene rings is 1. The third kappa shape index (κ3) is 2.54. The summed E-state index contributed by atoms with van der Waals surface area (Å²) in [6, 6.07) is 9.81. The minimum Gasteiger partial charge on any atom is -0.464 e. The number of rotatable bonds is 5. The van der Waals surface area contributed by atoms with Gasteiger partial charge in [-0.1, -0.05) is 12.1 Å². The minimum absolute atomic E-state index is 0.0840. The summed E-state index contributed by atoms with van der Waals surface area (Å²) < 4.78 is 5.58. The number of hydrogen-bond acceptors (Lipinski definition) is 5. The van der Waals surface area contributed by atoms with Gasteiger partial charge in [0, 0.05) is 12.5 Å². The highest BCUT2D eigenvalue weighted by Crippen LogP contribution is 2.24. The van der Waals surface area contributed by atoms with E-state index in [1.165, 1.54) is 4.90 Å². The van der Waals surface area contributed by atoms with Crippen molar-refractivity contribution in [3.8, 4) is 0 Å². The number of imide groups is 1. The second kappa shape index (κ2) is 5.75. The van der Waals surface area contributed by atoms with Crippen molar-refractivity contribution >= 4 is 11.8 Å². The van der Waals surface area contributed by atoms with Crippen LogP contribution in [0.2, 0.25) is 0 Å². The van der Waals surface area contributed by atoms with Crippen LogP contribution in [0.4, 0.5) is 0 Å². The van der Waals surface area contributed by atoms with Gasteiger partial charge in [-0.05, 0) is 24.3 Å². The van der Waals surface area contributed by atoms with Crippen LogP contribution in [0.15, 0.2) is 40.8 Å². The molecule has 1 aliphatic heterocycles. The van der Waals surface area contributed by atoms with Crippen molar-refractivity contribution in [2.75, 3.05) is 6.61 Å². The Morgan fingerprint density at radius 1 is 1.05 bits per heavy atom. The maximum absolute atomic E-state index is 12.3. The fourth-order valence-electron chi connectivity index (χ4n) is 2.48. The largest absolute Gasteiger partial charge is 0.464 e. The Morgan fingerprint density at radius 3 is 2.23 bits per heavy atom. The number of amides is 2. The van der Waals surface area contributed by atoms with Gasteiger partial charge in [-0.2, -0.15) is 0 Å². The summed E-state index contributed by atoms with van der Waals surface area (Å²) in [5.41, 5.74) is 6.49. The lowest BCUT2D eigenvalue weighted by molar-refractivity contribution is 0.0630. The van der Waals surface area contributed by atoms with Crippen LogP contribution in [0.5, 0.6) is 0 Å². The van der Waals surface area contributed by atoms with Crippen molar-refractivity contribution in [2.24, 2.45) is 5.73 Å². The number of furan rings is 1. The van der Waals surface area contributed by atoms with Crippen LogP contribution in [0.1, 0.15) is 32.2 Å². The van der Waals surface area contributed by atoms with E-state index in [0.29, 0.717) is 29.1 Å². The highest BCUT2D eigenvalue weighted by molar-refractivity contribution is 6.21. The lowest BCUT2D eigenvalue weighted by Gasteiger charge is -2.11. The van der Waals surface area contributed by atoms with Crippen LogP contribution in [-0.4, -0.2) is 34.5 Å². The summed E-state index contributed by atoms with van der Waals surface area (Å²) in [6.07, 6.45) is 0.401. The Morgan fingerprint density at radius 2 is 1.64 bits per heavy atom. The van der Waals surface area contributed by atoms with Gasteiger partial charge in [0.05, 0.1) is 24.3 Å². The zero-order valence-electron chi connectivity index (χ0n) is 11.9. The van der Waals surface area contributed by atoms with Crippen molar-refractivity contribution in [2.45, 2.75) is 19.0 Å². The highest BCUT2D eigenvalue weighted by atomic mass is 16.3. The molecule has 3 rings (SSSR count). The first-order valence-corrected chi connectivity index (χ1v) is 6.99. The van der Waals surface area contributed by atoms with E-state index in [-0.39, 0.29) is 25.0 Å². The molecule has 2 amide bonds. The van der Waals surface area contributed by atoms with E-state index in [2.05, 4.69) is 0 Å². The van der Waals surface area contributed by atoms with Gasteiger partial charge in [-0.25, -0.2) is 0 Å². The summed E-state index contributed by atoms with van der Waals surface area (Å²) in [7, 11) is 0. The Labute approximate surface area is 127 Å².